The second kappa shape index (κ2) is 6.68. The van der Waals surface area contributed by atoms with Gasteiger partial charge in [0.2, 0.25) is 11.9 Å². The number of fused-ring (bicyclic) bond motifs is 1. The number of amides is 1. The van der Waals surface area contributed by atoms with E-state index >= 15 is 0 Å². The highest BCUT2D eigenvalue weighted by Gasteiger charge is 2.49. The van der Waals surface area contributed by atoms with Crippen molar-refractivity contribution in [3.05, 3.63) is 46.1 Å². The Hall–Kier alpha value is -2.34. The maximum atomic E-state index is 12.3. The summed E-state index contributed by atoms with van der Waals surface area (Å²) < 4.78 is 0. The predicted octanol–water partition coefficient (Wildman–Crippen LogP) is 2.98. The Morgan fingerprint density at radius 1 is 1.19 bits per heavy atom. The van der Waals surface area contributed by atoms with E-state index in [9.17, 15) is 4.79 Å². The number of benzene rings is 1. The smallest absolute Gasteiger partial charge is 0.222 e. The lowest BCUT2D eigenvalue weighted by molar-refractivity contribution is -0.130. The fourth-order valence-electron chi connectivity index (χ4n) is 4.63. The maximum Gasteiger partial charge on any atom is 0.222 e. The van der Waals surface area contributed by atoms with Crippen LogP contribution in [0.2, 0.25) is 5.02 Å². The Balaban J connectivity index is 1.69. The first-order chi connectivity index (χ1) is 12.9. The van der Waals surface area contributed by atoms with E-state index in [0.717, 1.165) is 19.6 Å². The van der Waals surface area contributed by atoms with Crippen molar-refractivity contribution in [2.75, 3.05) is 30.3 Å². The molecule has 1 aromatic carbocycles. The van der Waals surface area contributed by atoms with Gasteiger partial charge < -0.3 is 15.5 Å². The van der Waals surface area contributed by atoms with Gasteiger partial charge in [0.25, 0.3) is 0 Å². The molecule has 2 aromatic rings. The Morgan fingerprint density at radius 3 is 2.63 bits per heavy atom. The molecule has 0 unspecified atom stereocenters. The SMILES string of the molecule is CC(=O)N1C[C@H]2CN(c3nc(N)nc(C)c3Cl)C[C@H]2[C@@H]1c1ccccc1C. The summed E-state index contributed by atoms with van der Waals surface area (Å²) in [4.78, 5) is 25.1. The summed E-state index contributed by atoms with van der Waals surface area (Å²) in [6, 6.07) is 8.42. The van der Waals surface area contributed by atoms with Gasteiger partial charge in [-0.2, -0.15) is 4.98 Å². The van der Waals surface area contributed by atoms with E-state index in [1.165, 1.54) is 11.1 Å². The van der Waals surface area contributed by atoms with Crippen LogP contribution in [-0.2, 0) is 4.79 Å². The van der Waals surface area contributed by atoms with E-state index in [1.54, 1.807) is 6.92 Å². The number of halogens is 1. The van der Waals surface area contributed by atoms with Crippen molar-refractivity contribution in [3.63, 3.8) is 0 Å². The Kier molecular flexibility index (Phi) is 4.46. The summed E-state index contributed by atoms with van der Waals surface area (Å²) in [5, 5.41) is 0.556. The normalized spacial score (nSPS) is 24.4. The van der Waals surface area contributed by atoms with Crippen molar-refractivity contribution in [2.24, 2.45) is 11.8 Å². The monoisotopic (exact) mass is 385 g/mol. The number of rotatable bonds is 2. The van der Waals surface area contributed by atoms with Crippen molar-refractivity contribution in [1.82, 2.24) is 14.9 Å². The van der Waals surface area contributed by atoms with Gasteiger partial charge in [-0.05, 0) is 25.0 Å². The standard InChI is InChI=1S/C20H24ClN5O/c1-11-6-4-5-7-15(11)18-16-10-25(8-14(16)9-26(18)13(3)27)19-17(21)12(2)23-20(22)24-19/h4-7,14,16,18H,8-10H2,1-3H3,(H2,22,23,24)/t14-,16-,18+/m1/s1. The summed E-state index contributed by atoms with van der Waals surface area (Å²) in [6.07, 6.45) is 0. The number of carbonyl (C=O) groups excluding carboxylic acids is 1. The molecule has 3 heterocycles. The molecule has 142 valence electrons. The number of hydrogen-bond acceptors (Lipinski definition) is 5. The van der Waals surface area contributed by atoms with E-state index in [1.807, 2.05) is 24.0 Å². The van der Waals surface area contributed by atoms with E-state index in [-0.39, 0.29) is 17.9 Å². The fourth-order valence-corrected chi connectivity index (χ4v) is 4.84. The van der Waals surface area contributed by atoms with Gasteiger partial charge in [-0.3, -0.25) is 4.79 Å². The summed E-state index contributed by atoms with van der Waals surface area (Å²) in [7, 11) is 0. The molecule has 2 N–H and O–H groups in total. The lowest BCUT2D eigenvalue weighted by Gasteiger charge is -2.30. The highest BCUT2D eigenvalue weighted by Crippen LogP contribution is 2.47. The number of nitrogen functional groups attached to an aromatic ring is 1. The van der Waals surface area contributed by atoms with Crippen molar-refractivity contribution < 1.29 is 4.79 Å². The quantitative estimate of drug-likeness (QED) is 0.860. The number of aryl methyl sites for hydroxylation is 2. The van der Waals surface area contributed by atoms with Crippen LogP contribution < -0.4 is 10.6 Å². The van der Waals surface area contributed by atoms with Crippen LogP contribution in [0.1, 0.15) is 29.8 Å². The lowest BCUT2D eigenvalue weighted by Crippen LogP contribution is -2.35. The average Bonchev–Trinajstić information content (AvgIpc) is 3.16. The number of anilines is 2. The average molecular weight is 386 g/mol. The number of likely N-dealkylation sites (tertiary alicyclic amines) is 1. The third kappa shape index (κ3) is 3.02. The molecule has 0 saturated carbocycles. The van der Waals surface area contributed by atoms with E-state index in [2.05, 4.69) is 33.9 Å². The first-order valence-corrected chi connectivity index (χ1v) is 9.62. The van der Waals surface area contributed by atoms with E-state index in [4.69, 9.17) is 17.3 Å². The van der Waals surface area contributed by atoms with Crippen LogP contribution in [0.4, 0.5) is 11.8 Å². The number of nitrogens with two attached hydrogens (primary N) is 1. The van der Waals surface area contributed by atoms with E-state index < -0.39 is 0 Å². The molecule has 2 aliphatic heterocycles. The zero-order valence-electron chi connectivity index (χ0n) is 15.8. The number of hydrogen-bond donors (Lipinski definition) is 1. The zero-order valence-corrected chi connectivity index (χ0v) is 16.6. The fraction of sp³-hybridized carbons (Fsp3) is 0.450. The van der Waals surface area contributed by atoms with Crippen LogP contribution in [0.3, 0.4) is 0 Å². The molecule has 1 aromatic heterocycles. The first-order valence-electron chi connectivity index (χ1n) is 9.24. The van der Waals surface area contributed by atoms with Crippen LogP contribution in [0.5, 0.6) is 0 Å². The molecule has 0 radical (unpaired) electrons. The number of nitrogens with zero attached hydrogens (tertiary/aromatic N) is 4. The lowest BCUT2D eigenvalue weighted by atomic mass is 9.87. The number of aromatic nitrogens is 2. The molecular formula is C20H24ClN5O. The highest BCUT2D eigenvalue weighted by molar-refractivity contribution is 6.33. The molecule has 6 nitrogen and oxygen atoms in total. The van der Waals surface area contributed by atoms with Gasteiger partial charge in [-0.1, -0.05) is 35.9 Å². The van der Waals surface area contributed by atoms with Crippen LogP contribution in [0.25, 0.3) is 0 Å². The molecule has 3 atom stereocenters. The van der Waals surface area contributed by atoms with Crippen molar-refractivity contribution in [1.29, 1.82) is 0 Å². The molecule has 1 amide bonds. The third-order valence-electron chi connectivity index (χ3n) is 5.89. The molecule has 27 heavy (non-hydrogen) atoms. The Bertz CT molecular complexity index is 902. The van der Waals surface area contributed by atoms with Crippen molar-refractivity contribution >= 4 is 29.3 Å². The van der Waals surface area contributed by atoms with Crippen molar-refractivity contribution in [3.8, 4) is 0 Å². The van der Waals surface area contributed by atoms with E-state index in [0.29, 0.717) is 28.4 Å². The maximum absolute atomic E-state index is 12.3. The van der Waals surface area contributed by atoms with Crippen LogP contribution in [0, 0.1) is 25.7 Å². The van der Waals surface area contributed by atoms with Crippen LogP contribution >= 0.6 is 11.6 Å². The Morgan fingerprint density at radius 2 is 1.93 bits per heavy atom. The molecule has 7 heteroatoms. The molecular weight excluding hydrogens is 362 g/mol. The molecule has 0 bridgehead atoms. The minimum atomic E-state index is 0.0813. The number of carbonyl (C=O) groups is 1. The first kappa shape index (κ1) is 18.0. The molecule has 0 spiro atoms. The second-order valence-electron chi connectivity index (χ2n) is 7.61. The minimum absolute atomic E-state index is 0.0813. The Labute approximate surface area is 164 Å². The molecule has 2 aliphatic rings. The molecule has 4 rings (SSSR count). The van der Waals surface area contributed by atoms with Gasteiger partial charge >= 0.3 is 0 Å². The third-order valence-corrected chi connectivity index (χ3v) is 6.33. The van der Waals surface area contributed by atoms with Gasteiger partial charge in [0.15, 0.2) is 5.82 Å². The molecule has 2 fully saturated rings. The minimum Gasteiger partial charge on any atom is -0.368 e. The van der Waals surface area contributed by atoms with Crippen molar-refractivity contribution in [2.45, 2.75) is 26.8 Å². The van der Waals surface area contributed by atoms with Gasteiger partial charge in [0, 0.05) is 38.4 Å². The van der Waals surface area contributed by atoms with Crippen LogP contribution in [0.15, 0.2) is 24.3 Å². The summed E-state index contributed by atoms with van der Waals surface area (Å²) in [6.45, 7) is 7.98. The molecule has 0 aliphatic carbocycles. The predicted molar refractivity (Wildman–Crippen MR) is 107 cm³/mol. The summed E-state index contributed by atoms with van der Waals surface area (Å²) in [5.41, 5.74) is 8.99. The molecule has 2 saturated heterocycles. The van der Waals surface area contributed by atoms with Gasteiger partial charge in [-0.25, -0.2) is 4.98 Å². The van der Waals surface area contributed by atoms with Gasteiger partial charge in [-0.15, -0.1) is 0 Å². The zero-order chi connectivity index (χ0) is 19.3. The highest BCUT2D eigenvalue weighted by atomic mass is 35.5. The largest absolute Gasteiger partial charge is 0.368 e. The topological polar surface area (TPSA) is 75.4 Å². The second-order valence-corrected chi connectivity index (χ2v) is 7.98. The summed E-state index contributed by atoms with van der Waals surface area (Å²) in [5.74, 6) is 1.79. The summed E-state index contributed by atoms with van der Waals surface area (Å²) >= 11 is 6.47. The van der Waals surface area contributed by atoms with Crippen LogP contribution in [-0.4, -0.2) is 40.4 Å². The van der Waals surface area contributed by atoms with Gasteiger partial charge in [0.05, 0.1) is 11.7 Å². The van der Waals surface area contributed by atoms with Gasteiger partial charge in [0.1, 0.15) is 5.02 Å².